The molecule has 2 amide bonds. The van der Waals surface area contributed by atoms with Crippen LogP contribution in [0.2, 0.25) is 0 Å². The molecule has 0 atom stereocenters. The van der Waals surface area contributed by atoms with Crippen molar-refractivity contribution in [1.82, 2.24) is 10.2 Å². The van der Waals surface area contributed by atoms with E-state index in [-0.39, 0.29) is 18.4 Å². The number of methoxy groups -OCH3 is 1. The predicted molar refractivity (Wildman–Crippen MR) is 90.0 cm³/mol. The van der Waals surface area contributed by atoms with Crippen LogP contribution in [0.3, 0.4) is 0 Å². The maximum absolute atomic E-state index is 12.2. The number of furan rings is 1. The number of ether oxygens (including phenoxy) is 1. The van der Waals surface area contributed by atoms with Crippen molar-refractivity contribution < 1.29 is 18.7 Å². The first kappa shape index (κ1) is 17.6. The third-order valence-electron chi connectivity index (χ3n) is 3.69. The normalized spacial score (nSPS) is 10.3. The third kappa shape index (κ3) is 4.38. The van der Waals surface area contributed by atoms with Crippen LogP contribution in [0.25, 0.3) is 0 Å². The Balaban J connectivity index is 1.87. The number of aryl methyl sites for hydroxylation is 2. The summed E-state index contributed by atoms with van der Waals surface area (Å²) in [6, 6.07) is 9.16. The number of carbonyl (C=O) groups excluding carboxylic acids is 2. The van der Waals surface area contributed by atoms with Crippen LogP contribution in [0, 0.1) is 13.8 Å². The summed E-state index contributed by atoms with van der Waals surface area (Å²) in [5.41, 5.74) is 1.44. The number of benzene rings is 1. The second-order valence-corrected chi connectivity index (χ2v) is 5.61. The van der Waals surface area contributed by atoms with Crippen molar-refractivity contribution in [1.29, 1.82) is 0 Å². The van der Waals surface area contributed by atoms with Gasteiger partial charge in [0.1, 0.15) is 17.3 Å². The van der Waals surface area contributed by atoms with Crippen LogP contribution in [-0.4, -0.2) is 37.4 Å². The molecule has 0 aliphatic carbocycles. The van der Waals surface area contributed by atoms with Crippen molar-refractivity contribution in [2.45, 2.75) is 20.4 Å². The van der Waals surface area contributed by atoms with Crippen molar-refractivity contribution in [2.24, 2.45) is 0 Å². The molecule has 1 aromatic carbocycles. The van der Waals surface area contributed by atoms with Gasteiger partial charge in [0, 0.05) is 13.6 Å². The Bertz CT molecular complexity index is 719. The Morgan fingerprint density at radius 2 is 1.88 bits per heavy atom. The molecular formula is C18H22N2O4. The van der Waals surface area contributed by atoms with Gasteiger partial charge in [0.05, 0.1) is 19.2 Å². The van der Waals surface area contributed by atoms with Crippen LogP contribution in [-0.2, 0) is 11.3 Å². The summed E-state index contributed by atoms with van der Waals surface area (Å²) in [6.45, 7) is 3.90. The van der Waals surface area contributed by atoms with Gasteiger partial charge in [-0.2, -0.15) is 0 Å². The summed E-state index contributed by atoms with van der Waals surface area (Å²) in [5, 5.41) is 2.63. The van der Waals surface area contributed by atoms with Crippen LogP contribution in [0.15, 0.2) is 34.7 Å². The zero-order valence-electron chi connectivity index (χ0n) is 14.4. The van der Waals surface area contributed by atoms with Crippen molar-refractivity contribution >= 4 is 11.8 Å². The maximum atomic E-state index is 12.2. The predicted octanol–water partition coefficient (Wildman–Crippen LogP) is 2.29. The van der Waals surface area contributed by atoms with Gasteiger partial charge >= 0.3 is 0 Å². The molecule has 1 aromatic heterocycles. The number of hydrogen-bond donors (Lipinski definition) is 1. The van der Waals surface area contributed by atoms with E-state index in [1.807, 2.05) is 24.3 Å². The summed E-state index contributed by atoms with van der Waals surface area (Å²) in [7, 11) is 3.31. The fourth-order valence-corrected chi connectivity index (χ4v) is 2.34. The van der Waals surface area contributed by atoms with Crippen LogP contribution in [0.5, 0.6) is 5.75 Å². The van der Waals surface area contributed by atoms with Crippen molar-refractivity contribution in [2.75, 3.05) is 20.7 Å². The number of amides is 2. The molecule has 0 fully saturated rings. The van der Waals surface area contributed by atoms with Crippen LogP contribution in [0.1, 0.15) is 27.4 Å². The second-order valence-electron chi connectivity index (χ2n) is 5.61. The number of carbonyl (C=O) groups is 2. The molecule has 0 unspecified atom stereocenters. The Morgan fingerprint density at radius 3 is 2.42 bits per heavy atom. The molecule has 0 saturated heterocycles. The van der Waals surface area contributed by atoms with Gasteiger partial charge in [0.2, 0.25) is 5.91 Å². The molecular weight excluding hydrogens is 308 g/mol. The van der Waals surface area contributed by atoms with Crippen LogP contribution in [0.4, 0.5) is 0 Å². The quantitative estimate of drug-likeness (QED) is 0.882. The number of rotatable bonds is 6. The van der Waals surface area contributed by atoms with Crippen molar-refractivity contribution in [3.8, 4) is 5.75 Å². The van der Waals surface area contributed by atoms with E-state index in [2.05, 4.69) is 5.32 Å². The fourth-order valence-electron chi connectivity index (χ4n) is 2.34. The zero-order chi connectivity index (χ0) is 17.7. The van der Waals surface area contributed by atoms with Gasteiger partial charge < -0.3 is 19.4 Å². The third-order valence-corrected chi connectivity index (χ3v) is 3.69. The van der Waals surface area contributed by atoms with Gasteiger partial charge in [0.25, 0.3) is 5.91 Å². The number of likely N-dealkylation sites (N-methyl/N-ethyl adjacent to an activating group) is 1. The summed E-state index contributed by atoms with van der Waals surface area (Å²) < 4.78 is 10.4. The number of nitrogens with zero attached hydrogens (tertiary/aromatic N) is 1. The Hall–Kier alpha value is -2.76. The maximum Gasteiger partial charge on any atom is 0.255 e. The minimum Gasteiger partial charge on any atom is -0.497 e. The Labute approximate surface area is 141 Å². The monoisotopic (exact) mass is 330 g/mol. The highest BCUT2D eigenvalue weighted by molar-refractivity contribution is 5.97. The molecule has 2 rings (SSSR count). The lowest BCUT2D eigenvalue weighted by Gasteiger charge is -2.17. The topological polar surface area (TPSA) is 71.8 Å². The minimum absolute atomic E-state index is 0.0604. The van der Waals surface area contributed by atoms with Gasteiger partial charge in [-0.1, -0.05) is 12.1 Å². The number of nitrogens with one attached hydrogen (secondary N) is 1. The molecule has 6 heteroatoms. The number of hydrogen-bond acceptors (Lipinski definition) is 4. The minimum atomic E-state index is -0.310. The molecule has 0 aliphatic rings. The Kier molecular flexibility index (Phi) is 5.63. The van der Waals surface area contributed by atoms with E-state index >= 15 is 0 Å². The summed E-state index contributed by atoms with van der Waals surface area (Å²) in [4.78, 5) is 25.8. The zero-order valence-corrected chi connectivity index (χ0v) is 14.4. The first-order valence-electron chi connectivity index (χ1n) is 7.63. The summed E-state index contributed by atoms with van der Waals surface area (Å²) in [5.74, 6) is 1.50. The summed E-state index contributed by atoms with van der Waals surface area (Å²) in [6.07, 6.45) is 0. The molecule has 1 N–H and O–H groups in total. The highest BCUT2D eigenvalue weighted by atomic mass is 16.5. The van der Waals surface area contributed by atoms with Gasteiger partial charge in [-0.15, -0.1) is 0 Å². The molecule has 2 aromatic rings. The first-order chi connectivity index (χ1) is 11.4. The molecule has 1 heterocycles. The molecule has 0 aliphatic heterocycles. The lowest BCUT2D eigenvalue weighted by molar-refractivity contribution is -0.129. The smallest absolute Gasteiger partial charge is 0.255 e. The lowest BCUT2D eigenvalue weighted by atomic mass is 10.2. The molecule has 0 spiro atoms. The van der Waals surface area contributed by atoms with Crippen molar-refractivity contribution in [3.05, 3.63) is 53.0 Å². The van der Waals surface area contributed by atoms with Gasteiger partial charge in [0.15, 0.2) is 0 Å². The second kappa shape index (κ2) is 7.68. The lowest BCUT2D eigenvalue weighted by Crippen LogP contribution is -2.37. The van der Waals surface area contributed by atoms with E-state index in [1.54, 1.807) is 39.0 Å². The molecule has 6 nitrogen and oxygen atoms in total. The fraction of sp³-hybridized carbons (Fsp3) is 0.333. The van der Waals surface area contributed by atoms with Gasteiger partial charge in [-0.25, -0.2) is 0 Å². The molecule has 0 saturated carbocycles. The molecule has 24 heavy (non-hydrogen) atoms. The average Bonchev–Trinajstić information content (AvgIpc) is 2.91. The van der Waals surface area contributed by atoms with E-state index < -0.39 is 0 Å². The highest BCUT2D eigenvalue weighted by Crippen LogP contribution is 2.14. The van der Waals surface area contributed by atoms with E-state index in [1.165, 1.54) is 0 Å². The van der Waals surface area contributed by atoms with Crippen LogP contribution >= 0.6 is 0 Å². The molecule has 128 valence electrons. The molecule has 0 bridgehead atoms. The van der Waals surface area contributed by atoms with Crippen LogP contribution < -0.4 is 10.1 Å². The first-order valence-corrected chi connectivity index (χ1v) is 7.63. The van der Waals surface area contributed by atoms with E-state index in [0.29, 0.717) is 23.6 Å². The van der Waals surface area contributed by atoms with Gasteiger partial charge in [-0.05, 0) is 37.6 Å². The Morgan fingerprint density at radius 1 is 1.21 bits per heavy atom. The molecule has 0 radical (unpaired) electrons. The average molecular weight is 330 g/mol. The van der Waals surface area contributed by atoms with E-state index in [4.69, 9.17) is 9.15 Å². The van der Waals surface area contributed by atoms with Gasteiger partial charge in [-0.3, -0.25) is 9.59 Å². The summed E-state index contributed by atoms with van der Waals surface area (Å²) >= 11 is 0. The highest BCUT2D eigenvalue weighted by Gasteiger charge is 2.16. The standard InChI is InChI=1S/C18H22N2O4/c1-12-9-16(13(2)24-12)18(22)19-10-17(21)20(3)11-14-5-7-15(23-4)8-6-14/h5-9H,10-11H2,1-4H3,(H,19,22). The SMILES string of the molecule is COc1ccc(CN(C)C(=O)CNC(=O)c2cc(C)oc2C)cc1. The van der Waals surface area contributed by atoms with E-state index in [9.17, 15) is 9.59 Å². The largest absolute Gasteiger partial charge is 0.497 e. The van der Waals surface area contributed by atoms with E-state index in [0.717, 1.165) is 11.3 Å². The van der Waals surface area contributed by atoms with Crippen molar-refractivity contribution in [3.63, 3.8) is 0 Å².